The lowest BCUT2D eigenvalue weighted by molar-refractivity contribution is 0.581. The van der Waals surface area contributed by atoms with Gasteiger partial charge < -0.3 is 0 Å². The Morgan fingerprint density at radius 3 is 2.31 bits per heavy atom. The smallest absolute Gasteiger partial charge is 0.210 e. The Kier molecular flexibility index (Phi) is 6.69. The molecule has 0 aliphatic heterocycles. The Labute approximate surface area is 191 Å². The molecule has 4 rings (SSSR count). The SMILES string of the molecule is Cc1ccc(-n2nnnc2S[C@H](CNS(=O)(=O)c2ccccc2)c2ccccc2)cc1C. The molecule has 1 aromatic heterocycles. The number of tetrazole rings is 1. The van der Waals surface area contributed by atoms with Gasteiger partial charge in [-0.2, -0.15) is 4.68 Å². The summed E-state index contributed by atoms with van der Waals surface area (Å²) in [5, 5.41) is 12.6. The number of rotatable bonds is 8. The Hall–Kier alpha value is -3.01. The molecule has 0 amide bonds. The van der Waals surface area contributed by atoms with Crippen molar-refractivity contribution in [3.05, 3.63) is 95.6 Å². The molecule has 0 aliphatic rings. The zero-order chi connectivity index (χ0) is 22.6. The Bertz CT molecular complexity index is 1290. The van der Waals surface area contributed by atoms with Crippen molar-refractivity contribution in [1.29, 1.82) is 0 Å². The zero-order valence-electron chi connectivity index (χ0n) is 17.7. The van der Waals surface area contributed by atoms with Gasteiger partial charge in [0.2, 0.25) is 15.2 Å². The standard InChI is InChI=1S/C23H23N5O2S2/c1-17-13-14-20(15-18(17)2)28-23(25-26-27-28)31-22(19-9-5-3-6-10-19)16-24-32(29,30)21-11-7-4-8-12-21/h3-15,22,24H,16H2,1-2H3/t22-/m1/s1. The van der Waals surface area contributed by atoms with Gasteiger partial charge >= 0.3 is 0 Å². The molecule has 0 unspecified atom stereocenters. The number of benzene rings is 3. The van der Waals surface area contributed by atoms with Gasteiger partial charge in [0.05, 0.1) is 15.8 Å². The minimum Gasteiger partial charge on any atom is -0.210 e. The summed E-state index contributed by atoms with van der Waals surface area (Å²) in [6.07, 6.45) is 0. The lowest BCUT2D eigenvalue weighted by Crippen LogP contribution is -2.27. The number of thioether (sulfide) groups is 1. The third-order valence-corrected chi connectivity index (χ3v) is 7.74. The first kappa shape index (κ1) is 22.2. The normalized spacial score (nSPS) is 12.6. The van der Waals surface area contributed by atoms with E-state index < -0.39 is 10.0 Å². The number of hydrogen-bond donors (Lipinski definition) is 1. The molecular weight excluding hydrogens is 442 g/mol. The van der Waals surface area contributed by atoms with Gasteiger partial charge in [-0.3, -0.25) is 0 Å². The molecule has 0 radical (unpaired) electrons. The van der Waals surface area contributed by atoms with Crippen LogP contribution in [0.1, 0.15) is 21.9 Å². The van der Waals surface area contributed by atoms with E-state index in [4.69, 9.17) is 0 Å². The fraction of sp³-hybridized carbons (Fsp3) is 0.174. The summed E-state index contributed by atoms with van der Waals surface area (Å²) < 4.78 is 29.9. The molecule has 0 saturated carbocycles. The van der Waals surface area contributed by atoms with Gasteiger partial charge in [-0.25, -0.2) is 13.1 Å². The van der Waals surface area contributed by atoms with E-state index in [0.717, 1.165) is 16.8 Å². The summed E-state index contributed by atoms with van der Waals surface area (Å²) in [4.78, 5) is 0.233. The van der Waals surface area contributed by atoms with Crippen molar-refractivity contribution < 1.29 is 8.42 Å². The zero-order valence-corrected chi connectivity index (χ0v) is 19.3. The molecule has 9 heteroatoms. The van der Waals surface area contributed by atoms with Crippen molar-refractivity contribution in [2.75, 3.05) is 6.54 Å². The topological polar surface area (TPSA) is 89.8 Å². The fourth-order valence-corrected chi connectivity index (χ4v) is 5.38. The molecule has 0 bridgehead atoms. The second kappa shape index (κ2) is 9.64. The van der Waals surface area contributed by atoms with E-state index in [1.807, 2.05) is 55.5 Å². The molecule has 32 heavy (non-hydrogen) atoms. The van der Waals surface area contributed by atoms with Crippen LogP contribution in [0.4, 0.5) is 0 Å². The van der Waals surface area contributed by atoms with Gasteiger partial charge in [-0.15, -0.1) is 5.10 Å². The average molecular weight is 466 g/mol. The second-order valence-corrected chi connectivity index (χ2v) is 10.3. The summed E-state index contributed by atoms with van der Waals surface area (Å²) in [5.74, 6) is 0. The highest BCUT2D eigenvalue weighted by molar-refractivity contribution is 7.99. The predicted molar refractivity (Wildman–Crippen MR) is 125 cm³/mol. The second-order valence-electron chi connectivity index (χ2n) is 7.32. The molecule has 3 aromatic carbocycles. The van der Waals surface area contributed by atoms with Crippen molar-refractivity contribution in [3.8, 4) is 5.69 Å². The van der Waals surface area contributed by atoms with Crippen LogP contribution >= 0.6 is 11.8 Å². The van der Waals surface area contributed by atoms with Crippen LogP contribution in [0, 0.1) is 13.8 Å². The van der Waals surface area contributed by atoms with Gasteiger partial charge in [-0.05, 0) is 65.2 Å². The maximum absolute atomic E-state index is 12.8. The molecular formula is C23H23N5O2S2. The van der Waals surface area contributed by atoms with E-state index in [-0.39, 0.29) is 16.7 Å². The highest BCUT2D eigenvalue weighted by Gasteiger charge is 2.22. The van der Waals surface area contributed by atoms with Crippen LogP contribution in [0.5, 0.6) is 0 Å². The van der Waals surface area contributed by atoms with Gasteiger partial charge in [-0.1, -0.05) is 66.4 Å². The van der Waals surface area contributed by atoms with Gasteiger partial charge in [0.25, 0.3) is 0 Å². The summed E-state index contributed by atoms with van der Waals surface area (Å²) in [7, 11) is -3.64. The first-order valence-electron chi connectivity index (χ1n) is 10.1. The number of nitrogens with one attached hydrogen (secondary N) is 1. The molecule has 0 fully saturated rings. The van der Waals surface area contributed by atoms with E-state index in [2.05, 4.69) is 27.2 Å². The van der Waals surface area contributed by atoms with Crippen LogP contribution in [-0.4, -0.2) is 35.2 Å². The highest BCUT2D eigenvalue weighted by atomic mass is 32.2. The van der Waals surface area contributed by atoms with Crippen molar-refractivity contribution in [2.45, 2.75) is 29.1 Å². The van der Waals surface area contributed by atoms with E-state index in [0.29, 0.717) is 5.16 Å². The lowest BCUT2D eigenvalue weighted by atomic mass is 10.1. The molecule has 1 atom stereocenters. The largest absolute Gasteiger partial charge is 0.240 e. The number of aryl methyl sites for hydroxylation is 2. The summed E-state index contributed by atoms with van der Waals surface area (Å²) in [5.41, 5.74) is 4.16. The highest BCUT2D eigenvalue weighted by Crippen LogP contribution is 2.34. The van der Waals surface area contributed by atoms with Crippen LogP contribution in [0.15, 0.2) is 88.9 Å². The molecule has 1 N–H and O–H groups in total. The number of hydrogen-bond acceptors (Lipinski definition) is 6. The summed E-state index contributed by atoms with van der Waals surface area (Å²) in [6.45, 7) is 4.28. The molecule has 0 spiro atoms. The van der Waals surface area contributed by atoms with Gasteiger partial charge in [0, 0.05) is 6.54 Å². The fourth-order valence-electron chi connectivity index (χ4n) is 3.16. The maximum atomic E-state index is 12.8. The Morgan fingerprint density at radius 2 is 1.62 bits per heavy atom. The van der Waals surface area contributed by atoms with Gasteiger partial charge in [0.15, 0.2) is 0 Å². The first-order valence-corrected chi connectivity index (χ1v) is 12.4. The van der Waals surface area contributed by atoms with Crippen LogP contribution < -0.4 is 4.72 Å². The average Bonchev–Trinajstić information content (AvgIpc) is 3.28. The Morgan fingerprint density at radius 1 is 0.938 bits per heavy atom. The molecule has 0 saturated heterocycles. The monoisotopic (exact) mass is 465 g/mol. The van der Waals surface area contributed by atoms with Gasteiger partial charge in [0.1, 0.15) is 0 Å². The number of aromatic nitrogens is 4. The molecule has 7 nitrogen and oxygen atoms in total. The Balaban J connectivity index is 1.61. The van der Waals surface area contributed by atoms with E-state index in [9.17, 15) is 8.42 Å². The van der Waals surface area contributed by atoms with E-state index in [1.54, 1.807) is 35.0 Å². The minimum absolute atomic E-state index is 0.186. The van der Waals surface area contributed by atoms with Crippen LogP contribution in [0.3, 0.4) is 0 Å². The first-order chi connectivity index (χ1) is 15.4. The molecule has 164 valence electrons. The maximum Gasteiger partial charge on any atom is 0.240 e. The van der Waals surface area contributed by atoms with Crippen molar-refractivity contribution in [2.24, 2.45) is 0 Å². The van der Waals surface area contributed by atoms with Crippen molar-refractivity contribution >= 4 is 21.8 Å². The minimum atomic E-state index is -3.64. The quantitative estimate of drug-likeness (QED) is 0.394. The third kappa shape index (κ3) is 5.07. The summed E-state index contributed by atoms with van der Waals surface area (Å²) >= 11 is 1.42. The molecule has 4 aromatic rings. The number of nitrogens with zero attached hydrogens (tertiary/aromatic N) is 4. The third-order valence-electron chi connectivity index (χ3n) is 5.11. The summed E-state index contributed by atoms with van der Waals surface area (Å²) in [6, 6.07) is 24.1. The number of sulfonamides is 1. The molecule has 1 heterocycles. The van der Waals surface area contributed by atoms with Crippen LogP contribution in [0.2, 0.25) is 0 Å². The van der Waals surface area contributed by atoms with E-state index >= 15 is 0 Å². The lowest BCUT2D eigenvalue weighted by Gasteiger charge is -2.17. The predicted octanol–water partition coefficient (Wildman–Crippen LogP) is 4.09. The molecule has 0 aliphatic carbocycles. The van der Waals surface area contributed by atoms with Crippen LogP contribution in [-0.2, 0) is 10.0 Å². The van der Waals surface area contributed by atoms with Crippen LogP contribution in [0.25, 0.3) is 5.69 Å². The van der Waals surface area contributed by atoms with Crippen molar-refractivity contribution in [3.63, 3.8) is 0 Å². The van der Waals surface area contributed by atoms with Crippen molar-refractivity contribution in [1.82, 2.24) is 24.9 Å². The van der Waals surface area contributed by atoms with E-state index in [1.165, 1.54) is 17.3 Å².